The van der Waals surface area contributed by atoms with Gasteiger partial charge in [-0.05, 0) is 41.7 Å². The molecule has 0 amide bonds. The Morgan fingerprint density at radius 2 is 1.87 bits per heavy atom. The number of carboxylic acid groups (broad SMARTS) is 1. The first-order valence-corrected chi connectivity index (χ1v) is 10.5. The van der Waals surface area contributed by atoms with Crippen LogP contribution < -0.4 is 5.43 Å². The molecule has 8 nitrogen and oxygen atoms in total. The lowest BCUT2D eigenvalue weighted by atomic mass is 9.95. The van der Waals surface area contributed by atoms with Crippen molar-refractivity contribution >= 4 is 5.97 Å². The molecular weight excluding hydrogens is 392 g/mol. The van der Waals surface area contributed by atoms with Crippen LogP contribution in [0.4, 0.5) is 0 Å². The Labute approximate surface area is 181 Å². The highest BCUT2D eigenvalue weighted by atomic mass is 16.4. The van der Waals surface area contributed by atoms with Crippen LogP contribution in [-0.2, 0) is 11.2 Å². The third-order valence-corrected chi connectivity index (χ3v) is 5.64. The lowest BCUT2D eigenvalue weighted by Crippen LogP contribution is -2.39. The molecule has 1 atom stereocenters. The molecule has 0 saturated carbocycles. The number of rotatable bonds is 8. The number of carbonyl (C=O) groups is 1. The van der Waals surface area contributed by atoms with Gasteiger partial charge in [-0.2, -0.15) is 5.21 Å². The second kappa shape index (κ2) is 9.09. The van der Waals surface area contributed by atoms with Gasteiger partial charge in [0, 0.05) is 17.8 Å². The van der Waals surface area contributed by atoms with Gasteiger partial charge in [0.15, 0.2) is 0 Å². The first-order chi connectivity index (χ1) is 15.1. The van der Waals surface area contributed by atoms with Crippen molar-refractivity contribution in [2.24, 2.45) is 0 Å². The second-order valence-electron chi connectivity index (χ2n) is 7.67. The molecule has 1 aliphatic heterocycles. The Kier molecular flexibility index (Phi) is 6.08. The van der Waals surface area contributed by atoms with E-state index in [0.717, 1.165) is 47.3 Å². The van der Waals surface area contributed by atoms with Crippen molar-refractivity contribution < 1.29 is 9.90 Å². The van der Waals surface area contributed by atoms with Gasteiger partial charge in [-0.15, -0.1) is 10.2 Å². The fourth-order valence-electron chi connectivity index (χ4n) is 4.01. The fraction of sp³-hybridized carbons (Fsp3) is 0.304. The molecule has 160 valence electrons. The van der Waals surface area contributed by atoms with Crippen molar-refractivity contribution in [3.63, 3.8) is 0 Å². The van der Waals surface area contributed by atoms with Gasteiger partial charge in [-0.3, -0.25) is 0 Å². The van der Waals surface area contributed by atoms with Gasteiger partial charge in [0.05, 0.1) is 11.6 Å². The first-order valence-electron chi connectivity index (χ1n) is 10.5. The minimum Gasteiger partial charge on any atom is -0.478 e. The molecule has 31 heavy (non-hydrogen) atoms. The van der Waals surface area contributed by atoms with Crippen LogP contribution in [0.1, 0.15) is 32.3 Å². The van der Waals surface area contributed by atoms with Gasteiger partial charge in [0.25, 0.3) is 0 Å². The van der Waals surface area contributed by atoms with Gasteiger partial charge < -0.3 is 10.1 Å². The number of nitrogens with zero attached hydrogens (tertiary/aromatic N) is 4. The molecule has 0 fully saturated rings. The number of aliphatic carboxylic acids is 1. The lowest BCUT2D eigenvalue weighted by Gasteiger charge is -2.22. The third-order valence-electron chi connectivity index (χ3n) is 5.64. The lowest BCUT2D eigenvalue weighted by molar-refractivity contribution is -0.132. The summed E-state index contributed by atoms with van der Waals surface area (Å²) in [5.74, 6) is -0.312. The van der Waals surface area contributed by atoms with Crippen molar-refractivity contribution in [2.75, 3.05) is 6.54 Å². The van der Waals surface area contributed by atoms with Crippen molar-refractivity contribution in [2.45, 2.75) is 39.2 Å². The van der Waals surface area contributed by atoms with E-state index in [0.29, 0.717) is 17.8 Å². The summed E-state index contributed by atoms with van der Waals surface area (Å²) in [7, 11) is 0. The van der Waals surface area contributed by atoms with E-state index >= 15 is 0 Å². The Bertz CT molecular complexity index is 1080. The van der Waals surface area contributed by atoms with Gasteiger partial charge >= 0.3 is 5.97 Å². The van der Waals surface area contributed by atoms with Gasteiger partial charge in [-0.1, -0.05) is 61.9 Å². The molecule has 4 rings (SSSR count). The molecule has 2 heterocycles. The van der Waals surface area contributed by atoms with E-state index in [2.05, 4.69) is 45.1 Å². The molecule has 0 aliphatic carbocycles. The number of hydrogen-bond acceptors (Lipinski definition) is 6. The number of allylic oxidation sites excluding steroid dienone is 1. The molecule has 0 radical (unpaired) electrons. The molecule has 2 aromatic carbocycles. The maximum atomic E-state index is 11.9. The molecule has 3 N–H and O–H groups in total. The van der Waals surface area contributed by atoms with Crippen LogP contribution >= 0.6 is 0 Å². The zero-order chi connectivity index (χ0) is 21.8. The minimum atomic E-state index is -0.861. The molecule has 0 saturated heterocycles. The zero-order valence-corrected chi connectivity index (χ0v) is 17.7. The molecule has 8 heteroatoms. The SMILES string of the molecule is CCCCN1NC(Cc2ccc(-c3ccccc3-c3nn[nH]n3)cc2)C(C(=O)O)=C1C. The summed E-state index contributed by atoms with van der Waals surface area (Å²) in [4.78, 5) is 11.9. The van der Waals surface area contributed by atoms with E-state index < -0.39 is 5.97 Å². The quantitative estimate of drug-likeness (QED) is 0.514. The molecule has 1 unspecified atom stereocenters. The maximum absolute atomic E-state index is 11.9. The van der Waals surface area contributed by atoms with Crippen LogP contribution in [0.15, 0.2) is 59.8 Å². The Morgan fingerprint density at radius 3 is 2.52 bits per heavy atom. The number of H-pyrrole nitrogens is 1. The number of aromatic amines is 1. The molecule has 3 aromatic rings. The maximum Gasteiger partial charge on any atom is 0.335 e. The minimum absolute atomic E-state index is 0.244. The normalized spacial score (nSPS) is 16.2. The van der Waals surface area contributed by atoms with E-state index in [9.17, 15) is 9.90 Å². The summed E-state index contributed by atoms with van der Waals surface area (Å²) < 4.78 is 0. The van der Waals surface area contributed by atoms with E-state index in [1.807, 2.05) is 48.3 Å². The summed E-state index contributed by atoms with van der Waals surface area (Å²) in [6.45, 7) is 4.81. The highest BCUT2D eigenvalue weighted by Gasteiger charge is 2.32. The van der Waals surface area contributed by atoms with Crippen LogP contribution in [0.2, 0.25) is 0 Å². The fourth-order valence-corrected chi connectivity index (χ4v) is 4.01. The van der Waals surface area contributed by atoms with E-state index in [1.54, 1.807) is 0 Å². The molecule has 1 aromatic heterocycles. The largest absolute Gasteiger partial charge is 0.478 e. The highest BCUT2D eigenvalue weighted by Crippen LogP contribution is 2.30. The summed E-state index contributed by atoms with van der Waals surface area (Å²) >= 11 is 0. The van der Waals surface area contributed by atoms with Crippen molar-refractivity contribution in [1.82, 2.24) is 31.1 Å². The third kappa shape index (κ3) is 4.34. The number of tetrazole rings is 1. The van der Waals surface area contributed by atoms with Crippen molar-refractivity contribution in [3.05, 3.63) is 65.4 Å². The molecular formula is C23H26N6O2. The van der Waals surface area contributed by atoms with E-state index in [-0.39, 0.29) is 6.04 Å². The number of hydrazine groups is 1. The van der Waals surface area contributed by atoms with Gasteiger partial charge in [0.2, 0.25) is 5.82 Å². The van der Waals surface area contributed by atoms with Crippen LogP contribution in [0.3, 0.4) is 0 Å². The number of unbranched alkanes of at least 4 members (excludes halogenated alkanes) is 1. The Hall–Kier alpha value is -3.52. The Balaban J connectivity index is 1.54. The molecule has 1 aliphatic rings. The first kappa shape index (κ1) is 20.7. The average Bonchev–Trinajstić information content (AvgIpc) is 3.41. The van der Waals surface area contributed by atoms with Crippen LogP contribution in [0, 0.1) is 0 Å². The number of aromatic nitrogens is 4. The predicted octanol–water partition coefficient (Wildman–Crippen LogP) is 3.42. The molecule has 0 bridgehead atoms. The van der Waals surface area contributed by atoms with Crippen molar-refractivity contribution in [3.8, 4) is 22.5 Å². The number of carboxylic acids is 1. The zero-order valence-electron chi connectivity index (χ0n) is 17.7. The predicted molar refractivity (Wildman–Crippen MR) is 118 cm³/mol. The standard InChI is InChI=1S/C23H26N6O2/c1-3-4-13-29-15(2)21(23(30)31)20(26-29)14-16-9-11-17(12-10-16)18-7-5-6-8-19(18)22-24-27-28-25-22/h5-12,20,26H,3-4,13-14H2,1-2H3,(H,30,31)(H,24,25,27,28). The average molecular weight is 419 g/mol. The summed E-state index contributed by atoms with van der Waals surface area (Å²) in [6.07, 6.45) is 2.68. The molecule has 0 spiro atoms. The van der Waals surface area contributed by atoms with Crippen LogP contribution in [0.5, 0.6) is 0 Å². The van der Waals surface area contributed by atoms with Crippen LogP contribution in [0.25, 0.3) is 22.5 Å². The van der Waals surface area contributed by atoms with Crippen molar-refractivity contribution in [1.29, 1.82) is 0 Å². The monoisotopic (exact) mass is 418 g/mol. The topological polar surface area (TPSA) is 107 Å². The van der Waals surface area contributed by atoms with E-state index in [1.165, 1.54) is 0 Å². The number of benzene rings is 2. The number of hydrogen-bond donors (Lipinski definition) is 3. The summed E-state index contributed by atoms with van der Waals surface area (Å²) in [5.41, 5.74) is 8.66. The van der Waals surface area contributed by atoms with Crippen LogP contribution in [-0.4, -0.2) is 49.3 Å². The van der Waals surface area contributed by atoms with Gasteiger partial charge in [-0.25, -0.2) is 10.2 Å². The van der Waals surface area contributed by atoms with Gasteiger partial charge in [0.1, 0.15) is 0 Å². The highest BCUT2D eigenvalue weighted by molar-refractivity contribution is 5.89. The van der Waals surface area contributed by atoms with E-state index in [4.69, 9.17) is 0 Å². The Morgan fingerprint density at radius 1 is 1.13 bits per heavy atom. The second-order valence-corrected chi connectivity index (χ2v) is 7.67. The number of nitrogens with one attached hydrogen (secondary N) is 2. The smallest absolute Gasteiger partial charge is 0.335 e. The summed E-state index contributed by atoms with van der Waals surface area (Å²) in [5, 5.41) is 26.1. The summed E-state index contributed by atoms with van der Waals surface area (Å²) in [6, 6.07) is 15.9.